The van der Waals surface area contributed by atoms with E-state index in [4.69, 9.17) is 9.84 Å². The maximum Gasteiger partial charge on any atom is 0.339 e. The van der Waals surface area contributed by atoms with Gasteiger partial charge in [0, 0.05) is 25.4 Å². The number of ether oxygens (including phenoxy) is 1. The molecule has 0 radical (unpaired) electrons. The zero-order valence-electron chi connectivity index (χ0n) is 9.43. The minimum absolute atomic E-state index is 0.150. The van der Waals surface area contributed by atoms with E-state index in [-0.39, 0.29) is 11.6 Å². The molecule has 1 fully saturated rings. The average Bonchev–Trinajstić information content (AvgIpc) is 2.38. The largest absolute Gasteiger partial charge is 0.478 e. The van der Waals surface area contributed by atoms with Crippen LogP contribution >= 0.6 is 0 Å². The van der Waals surface area contributed by atoms with Crippen LogP contribution in [0.3, 0.4) is 0 Å². The Morgan fingerprint density at radius 1 is 1.65 bits per heavy atom. The van der Waals surface area contributed by atoms with Crippen molar-refractivity contribution in [2.75, 3.05) is 13.2 Å². The maximum absolute atomic E-state index is 10.9. The zero-order valence-corrected chi connectivity index (χ0v) is 9.43. The Balaban J connectivity index is 1.96. The quantitative estimate of drug-likeness (QED) is 0.790. The molecule has 1 aromatic heterocycles. The van der Waals surface area contributed by atoms with Crippen LogP contribution in [0.25, 0.3) is 0 Å². The average molecular weight is 237 g/mol. The third-order valence-electron chi connectivity index (χ3n) is 2.74. The first kappa shape index (κ1) is 11.9. The summed E-state index contributed by atoms with van der Waals surface area (Å²) < 4.78 is 5.34. The van der Waals surface area contributed by atoms with Crippen LogP contribution in [0.4, 0.5) is 0 Å². The van der Waals surface area contributed by atoms with Crippen molar-refractivity contribution in [1.29, 1.82) is 0 Å². The predicted molar refractivity (Wildman–Crippen MR) is 59.7 cm³/mol. The van der Waals surface area contributed by atoms with Gasteiger partial charge in [0.25, 0.3) is 0 Å². The van der Waals surface area contributed by atoms with E-state index in [0.717, 1.165) is 19.4 Å². The van der Waals surface area contributed by atoms with Crippen LogP contribution in [0.2, 0.25) is 0 Å². The van der Waals surface area contributed by atoms with E-state index in [1.54, 1.807) is 0 Å². The fourth-order valence-corrected chi connectivity index (χ4v) is 1.82. The van der Waals surface area contributed by atoms with Crippen molar-refractivity contribution < 1.29 is 14.6 Å². The van der Waals surface area contributed by atoms with Crippen LogP contribution in [0, 0.1) is 0 Å². The van der Waals surface area contributed by atoms with Crippen LogP contribution in [0.15, 0.2) is 12.5 Å². The lowest BCUT2D eigenvalue weighted by Crippen LogP contribution is -2.36. The second kappa shape index (κ2) is 5.70. The molecular weight excluding hydrogens is 222 g/mol. The number of rotatable bonds is 4. The van der Waals surface area contributed by atoms with Crippen LogP contribution in [-0.2, 0) is 11.3 Å². The first-order valence-electron chi connectivity index (χ1n) is 5.60. The van der Waals surface area contributed by atoms with Crippen LogP contribution in [0.5, 0.6) is 0 Å². The summed E-state index contributed by atoms with van der Waals surface area (Å²) in [5.41, 5.74) is 0.662. The molecule has 1 atom stereocenters. The van der Waals surface area contributed by atoms with E-state index in [1.807, 2.05) is 0 Å². The summed E-state index contributed by atoms with van der Waals surface area (Å²) in [7, 11) is 0. The number of aromatic carboxylic acids is 1. The number of aromatic nitrogens is 2. The Kier molecular flexibility index (Phi) is 4.00. The lowest BCUT2D eigenvalue weighted by atomic mass is 10.1. The molecule has 1 aliphatic rings. The van der Waals surface area contributed by atoms with E-state index in [0.29, 0.717) is 18.8 Å². The Hall–Kier alpha value is -1.53. The normalized spacial score (nSPS) is 20.1. The first-order chi connectivity index (χ1) is 8.27. The smallest absolute Gasteiger partial charge is 0.339 e. The summed E-state index contributed by atoms with van der Waals surface area (Å²) in [5.74, 6) is -0.998. The third kappa shape index (κ3) is 3.21. The number of carboxylic acid groups (broad SMARTS) is 1. The molecule has 6 heteroatoms. The summed E-state index contributed by atoms with van der Waals surface area (Å²) in [4.78, 5) is 18.6. The van der Waals surface area contributed by atoms with Gasteiger partial charge in [-0.2, -0.15) is 0 Å². The lowest BCUT2D eigenvalue weighted by Gasteiger charge is -2.23. The summed E-state index contributed by atoms with van der Waals surface area (Å²) in [6.07, 6.45) is 4.77. The molecule has 0 aliphatic carbocycles. The molecule has 6 nitrogen and oxygen atoms in total. The Bertz CT molecular complexity index is 391. The predicted octanol–water partition coefficient (Wildman–Crippen LogP) is 0.443. The minimum atomic E-state index is -0.998. The topological polar surface area (TPSA) is 84.3 Å². The molecule has 1 aliphatic heterocycles. The number of hydrogen-bond donors (Lipinski definition) is 2. The van der Waals surface area contributed by atoms with Gasteiger partial charge in [-0.05, 0) is 12.8 Å². The van der Waals surface area contributed by atoms with Crippen LogP contribution in [0.1, 0.15) is 28.9 Å². The summed E-state index contributed by atoms with van der Waals surface area (Å²) >= 11 is 0. The SMILES string of the molecule is O=C(O)c1cncnc1CNC1CCCOC1. The van der Waals surface area contributed by atoms with Crippen LogP contribution in [-0.4, -0.2) is 40.3 Å². The summed E-state index contributed by atoms with van der Waals surface area (Å²) in [5, 5.41) is 12.2. The number of hydrogen-bond acceptors (Lipinski definition) is 5. The van der Waals surface area contributed by atoms with Crippen molar-refractivity contribution >= 4 is 5.97 Å². The molecule has 0 bridgehead atoms. The highest BCUT2D eigenvalue weighted by atomic mass is 16.5. The molecule has 92 valence electrons. The van der Waals surface area contributed by atoms with Gasteiger partial charge in [0.2, 0.25) is 0 Å². The molecule has 1 unspecified atom stereocenters. The van der Waals surface area contributed by atoms with Crippen molar-refractivity contribution in [2.24, 2.45) is 0 Å². The Labute approximate surface area is 99.0 Å². The molecule has 1 saturated heterocycles. The van der Waals surface area contributed by atoms with Gasteiger partial charge in [-0.1, -0.05) is 0 Å². The molecule has 0 aromatic carbocycles. The summed E-state index contributed by atoms with van der Waals surface area (Å²) in [6, 6.07) is 0.278. The van der Waals surface area contributed by atoms with E-state index in [1.165, 1.54) is 12.5 Å². The molecule has 2 heterocycles. The zero-order chi connectivity index (χ0) is 12.1. The number of nitrogens with zero attached hydrogens (tertiary/aromatic N) is 2. The molecule has 17 heavy (non-hydrogen) atoms. The van der Waals surface area contributed by atoms with Crippen LogP contribution < -0.4 is 5.32 Å². The van der Waals surface area contributed by atoms with Crippen molar-refractivity contribution in [3.8, 4) is 0 Å². The molecule has 1 aromatic rings. The van der Waals surface area contributed by atoms with Crippen molar-refractivity contribution in [2.45, 2.75) is 25.4 Å². The fourth-order valence-electron chi connectivity index (χ4n) is 1.82. The minimum Gasteiger partial charge on any atom is -0.478 e. The van der Waals surface area contributed by atoms with Gasteiger partial charge >= 0.3 is 5.97 Å². The summed E-state index contributed by atoms with van der Waals surface area (Å²) in [6.45, 7) is 1.91. The molecular formula is C11H15N3O3. The molecule has 0 amide bonds. The van der Waals surface area contributed by atoms with Gasteiger partial charge in [-0.25, -0.2) is 14.8 Å². The Morgan fingerprint density at radius 2 is 2.53 bits per heavy atom. The highest BCUT2D eigenvalue weighted by Gasteiger charge is 2.16. The number of carboxylic acids is 1. The third-order valence-corrected chi connectivity index (χ3v) is 2.74. The highest BCUT2D eigenvalue weighted by molar-refractivity contribution is 5.88. The first-order valence-corrected chi connectivity index (χ1v) is 5.60. The van der Waals surface area contributed by atoms with E-state index < -0.39 is 5.97 Å². The lowest BCUT2D eigenvalue weighted by molar-refractivity contribution is 0.0683. The Morgan fingerprint density at radius 3 is 3.24 bits per heavy atom. The van der Waals surface area contributed by atoms with Crippen molar-refractivity contribution in [3.63, 3.8) is 0 Å². The molecule has 2 N–H and O–H groups in total. The monoisotopic (exact) mass is 237 g/mol. The standard InChI is InChI=1S/C11H15N3O3/c15-11(16)9-4-12-7-14-10(9)5-13-8-2-1-3-17-6-8/h4,7-8,13H,1-3,5-6H2,(H,15,16). The van der Waals surface area contributed by atoms with E-state index in [2.05, 4.69) is 15.3 Å². The molecule has 2 rings (SSSR count). The van der Waals surface area contributed by atoms with E-state index >= 15 is 0 Å². The number of nitrogens with one attached hydrogen (secondary N) is 1. The van der Waals surface area contributed by atoms with Gasteiger partial charge in [0.15, 0.2) is 0 Å². The van der Waals surface area contributed by atoms with Gasteiger partial charge in [-0.15, -0.1) is 0 Å². The molecule has 0 saturated carbocycles. The van der Waals surface area contributed by atoms with Gasteiger partial charge < -0.3 is 15.2 Å². The van der Waals surface area contributed by atoms with E-state index in [9.17, 15) is 4.79 Å². The maximum atomic E-state index is 10.9. The number of carbonyl (C=O) groups is 1. The van der Waals surface area contributed by atoms with Crippen molar-refractivity contribution in [1.82, 2.24) is 15.3 Å². The van der Waals surface area contributed by atoms with Gasteiger partial charge in [0.1, 0.15) is 11.9 Å². The highest BCUT2D eigenvalue weighted by Crippen LogP contribution is 2.08. The fraction of sp³-hybridized carbons (Fsp3) is 0.545. The van der Waals surface area contributed by atoms with Crippen molar-refractivity contribution in [3.05, 3.63) is 23.8 Å². The second-order valence-electron chi connectivity index (χ2n) is 3.98. The molecule has 0 spiro atoms. The second-order valence-corrected chi connectivity index (χ2v) is 3.98. The van der Waals surface area contributed by atoms with Gasteiger partial charge in [0.05, 0.1) is 12.3 Å². The van der Waals surface area contributed by atoms with Gasteiger partial charge in [-0.3, -0.25) is 0 Å².